The molecular formula is C11H16O2SSi. The number of aliphatic hydroxyl groups is 1. The summed E-state index contributed by atoms with van der Waals surface area (Å²) in [7, 11) is 0.261. The Morgan fingerprint density at radius 1 is 1.47 bits per heavy atom. The lowest BCUT2D eigenvalue weighted by molar-refractivity contribution is 0.278. The quantitative estimate of drug-likeness (QED) is 0.636. The van der Waals surface area contributed by atoms with Crippen molar-refractivity contribution in [2.45, 2.75) is 26.2 Å². The predicted octanol–water partition coefficient (Wildman–Crippen LogP) is 2.48. The summed E-state index contributed by atoms with van der Waals surface area (Å²) in [5.74, 6) is 3.87. The van der Waals surface area contributed by atoms with Crippen LogP contribution in [0, 0.1) is 11.5 Å². The minimum absolute atomic E-state index is 0.0163. The van der Waals surface area contributed by atoms with Crippen molar-refractivity contribution in [3.63, 3.8) is 0 Å². The number of hydrogen-bond acceptors (Lipinski definition) is 3. The first kappa shape index (κ1) is 12.3. The van der Waals surface area contributed by atoms with Crippen LogP contribution in [0.2, 0.25) is 19.6 Å². The molecular weight excluding hydrogens is 224 g/mol. The summed E-state index contributed by atoms with van der Waals surface area (Å²) in [4.78, 5) is 0.845. The van der Waals surface area contributed by atoms with Gasteiger partial charge in [0, 0.05) is 5.38 Å². The molecule has 0 aliphatic heterocycles. The topological polar surface area (TPSA) is 29.5 Å². The fourth-order valence-electron chi connectivity index (χ4n) is 1.06. The SMILES string of the molecule is COc1c(C#C[Si](C)(C)C)csc1CO. The predicted molar refractivity (Wildman–Crippen MR) is 67.0 cm³/mol. The van der Waals surface area contributed by atoms with Crippen molar-refractivity contribution in [2.75, 3.05) is 7.11 Å². The molecule has 0 aromatic carbocycles. The lowest BCUT2D eigenvalue weighted by atomic mass is 10.3. The normalized spacial score (nSPS) is 10.7. The first-order chi connectivity index (χ1) is 6.98. The summed E-state index contributed by atoms with van der Waals surface area (Å²) in [5, 5.41) is 11.0. The minimum atomic E-state index is -1.35. The highest BCUT2D eigenvalue weighted by Gasteiger charge is 2.11. The number of methoxy groups -OCH3 is 1. The van der Waals surface area contributed by atoms with Gasteiger partial charge in [-0.3, -0.25) is 0 Å². The van der Waals surface area contributed by atoms with Crippen LogP contribution in [0.5, 0.6) is 5.75 Å². The van der Waals surface area contributed by atoms with E-state index >= 15 is 0 Å². The Morgan fingerprint density at radius 3 is 2.60 bits per heavy atom. The molecule has 1 heterocycles. The van der Waals surface area contributed by atoms with Crippen LogP contribution >= 0.6 is 11.3 Å². The summed E-state index contributed by atoms with van der Waals surface area (Å²) >= 11 is 1.49. The molecule has 0 atom stereocenters. The van der Waals surface area contributed by atoms with Crippen LogP contribution in [-0.2, 0) is 6.61 Å². The third kappa shape index (κ3) is 3.38. The monoisotopic (exact) mass is 240 g/mol. The molecule has 0 aliphatic carbocycles. The van der Waals surface area contributed by atoms with Crippen molar-refractivity contribution in [3.8, 4) is 17.2 Å². The molecule has 0 amide bonds. The molecule has 82 valence electrons. The van der Waals surface area contributed by atoms with Crippen molar-refractivity contribution in [1.29, 1.82) is 0 Å². The van der Waals surface area contributed by atoms with Gasteiger partial charge < -0.3 is 9.84 Å². The molecule has 1 N–H and O–H groups in total. The molecule has 1 aromatic rings. The zero-order valence-electron chi connectivity index (χ0n) is 9.55. The average molecular weight is 240 g/mol. The fourth-order valence-corrected chi connectivity index (χ4v) is 2.37. The largest absolute Gasteiger partial charge is 0.494 e. The Labute approximate surface area is 95.9 Å². The Morgan fingerprint density at radius 2 is 2.13 bits per heavy atom. The van der Waals surface area contributed by atoms with E-state index in [1.807, 2.05) is 5.38 Å². The lowest BCUT2D eigenvalue weighted by Gasteiger charge is -2.04. The van der Waals surface area contributed by atoms with Gasteiger partial charge in [-0.2, -0.15) is 0 Å². The van der Waals surface area contributed by atoms with Gasteiger partial charge in [0.05, 0.1) is 24.2 Å². The summed E-state index contributed by atoms with van der Waals surface area (Å²) in [6.45, 7) is 6.62. The molecule has 2 nitrogen and oxygen atoms in total. The van der Waals surface area contributed by atoms with E-state index in [1.165, 1.54) is 11.3 Å². The van der Waals surface area contributed by atoms with Crippen LogP contribution in [0.4, 0.5) is 0 Å². The maximum Gasteiger partial charge on any atom is 0.150 e. The van der Waals surface area contributed by atoms with Gasteiger partial charge in [-0.25, -0.2) is 0 Å². The van der Waals surface area contributed by atoms with Crippen LogP contribution in [0.1, 0.15) is 10.4 Å². The second-order valence-corrected chi connectivity index (χ2v) is 9.98. The van der Waals surface area contributed by atoms with Gasteiger partial charge in [0.1, 0.15) is 8.07 Å². The maximum atomic E-state index is 9.08. The van der Waals surface area contributed by atoms with E-state index in [0.717, 1.165) is 16.2 Å². The number of aliphatic hydroxyl groups excluding tert-OH is 1. The standard InChI is InChI=1S/C11H16O2SSi/c1-13-11-9(5-6-15(2,3)4)8-14-10(11)7-12/h8,12H,7H2,1-4H3. The fraction of sp³-hybridized carbons (Fsp3) is 0.455. The van der Waals surface area contributed by atoms with Crippen LogP contribution in [0.25, 0.3) is 0 Å². The molecule has 15 heavy (non-hydrogen) atoms. The van der Waals surface area contributed by atoms with Gasteiger partial charge in [0.15, 0.2) is 5.75 Å². The van der Waals surface area contributed by atoms with Crippen LogP contribution in [0.15, 0.2) is 5.38 Å². The van der Waals surface area contributed by atoms with Gasteiger partial charge in [-0.05, 0) is 0 Å². The third-order valence-electron chi connectivity index (χ3n) is 1.74. The highest BCUT2D eigenvalue weighted by Crippen LogP contribution is 2.29. The van der Waals surface area contributed by atoms with Gasteiger partial charge in [0.25, 0.3) is 0 Å². The number of thiophene rings is 1. The Hall–Kier alpha value is -0.763. The molecule has 0 fully saturated rings. The van der Waals surface area contributed by atoms with E-state index in [1.54, 1.807) is 7.11 Å². The second kappa shape index (κ2) is 4.84. The van der Waals surface area contributed by atoms with Crippen molar-refractivity contribution in [3.05, 3.63) is 15.8 Å². The molecule has 1 aromatic heterocycles. The summed E-state index contributed by atoms with van der Waals surface area (Å²) < 4.78 is 5.24. The van der Waals surface area contributed by atoms with E-state index in [2.05, 4.69) is 31.1 Å². The summed E-state index contributed by atoms with van der Waals surface area (Å²) in [5.41, 5.74) is 4.18. The highest BCUT2D eigenvalue weighted by molar-refractivity contribution is 7.10. The van der Waals surface area contributed by atoms with Gasteiger partial charge in [-0.15, -0.1) is 16.9 Å². The molecule has 0 unspecified atom stereocenters. The minimum Gasteiger partial charge on any atom is -0.494 e. The Balaban J connectivity index is 3.04. The van der Waals surface area contributed by atoms with E-state index < -0.39 is 8.07 Å². The molecule has 0 aliphatic rings. The van der Waals surface area contributed by atoms with Crippen LogP contribution < -0.4 is 4.74 Å². The zero-order valence-corrected chi connectivity index (χ0v) is 11.4. The van der Waals surface area contributed by atoms with Crippen LogP contribution in [-0.4, -0.2) is 20.3 Å². The van der Waals surface area contributed by atoms with Crippen LogP contribution in [0.3, 0.4) is 0 Å². The second-order valence-electron chi connectivity index (χ2n) is 4.26. The zero-order chi connectivity index (χ0) is 11.5. The van der Waals surface area contributed by atoms with Gasteiger partial charge in [0.2, 0.25) is 0 Å². The smallest absolute Gasteiger partial charge is 0.150 e. The average Bonchev–Trinajstić information content (AvgIpc) is 2.55. The molecule has 0 bridgehead atoms. The number of ether oxygens (including phenoxy) is 1. The number of hydrogen-bond donors (Lipinski definition) is 1. The molecule has 0 spiro atoms. The van der Waals surface area contributed by atoms with Gasteiger partial charge >= 0.3 is 0 Å². The third-order valence-corrected chi connectivity index (χ3v) is 3.56. The van der Waals surface area contributed by atoms with Crippen molar-refractivity contribution in [2.24, 2.45) is 0 Å². The van der Waals surface area contributed by atoms with Gasteiger partial charge in [-0.1, -0.05) is 25.6 Å². The molecule has 0 saturated carbocycles. The van der Waals surface area contributed by atoms with E-state index in [-0.39, 0.29) is 6.61 Å². The van der Waals surface area contributed by atoms with E-state index in [9.17, 15) is 0 Å². The molecule has 1 rings (SSSR count). The van der Waals surface area contributed by atoms with E-state index in [0.29, 0.717) is 0 Å². The molecule has 0 radical (unpaired) electrons. The molecule has 4 heteroatoms. The summed E-state index contributed by atoms with van der Waals surface area (Å²) in [6.07, 6.45) is 0. The molecule has 0 saturated heterocycles. The maximum absolute atomic E-state index is 9.08. The van der Waals surface area contributed by atoms with Crippen molar-refractivity contribution < 1.29 is 9.84 Å². The summed E-state index contributed by atoms with van der Waals surface area (Å²) in [6, 6.07) is 0. The first-order valence-electron chi connectivity index (χ1n) is 4.76. The first-order valence-corrected chi connectivity index (χ1v) is 9.14. The van der Waals surface area contributed by atoms with Crippen molar-refractivity contribution in [1.82, 2.24) is 0 Å². The number of rotatable bonds is 2. The van der Waals surface area contributed by atoms with E-state index in [4.69, 9.17) is 9.84 Å². The highest BCUT2D eigenvalue weighted by atomic mass is 32.1. The Bertz CT molecular complexity index is 393. The van der Waals surface area contributed by atoms with Crippen molar-refractivity contribution >= 4 is 19.4 Å². The Kier molecular flexibility index (Phi) is 3.97. The lowest BCUT2D eigenvalue weighted by Crippen LogP contribution is -2.16.